The van der Waals surface area contributed by atoms with Crippen LogP contribution in [0.5, 0.6) is 11.5 Å². The summed E-state index contributed by atoms with van der Waals surface area (Å²) in [6.45, 7) is 0.629. The Morgan fingerprint density at radius 3 is 2.64 bits per heavy atom. The Bertz CT molecular complexity index is 914. The highest BCUT2D eigenvalue weighted by Gasteiger charge is 2.29. The van der Waals surface area contributed by atoms with Gasteiger partial charge in [-0.3, -0.25) is 14.5 Å². The fraction of sp³-hybridized carbons (Fsp3) is 0.250. The van der Waals surface area contributed by atoms with Crippen LogP contribution in [-0.2, 0) is 11.3 Å². The standard InChI is InChI=1S/C20H19N3O5/c24-18-10-22-20(26)23(18)11-13-5-1-2-6-15(13)19(25)21-9-14-12-27-16-7-3-4-8-17(16)28-14/h1-8,14H,9-12H2,(H,21,25)(H,22,26)/t14-/m0/s1. The Morgan fingerprint density at radius 2 is 1.86 bits per heavy atom. The first-order valence-electron chi connectivity index (χ1n) is 8.94. The number of nitrogens with zero attached hydrogens (tertiary/aromatic N) is 1. The Hall–Kier alpha value is -3.55. The minimum atomic E-state index is -0.452. The van der Waals surface area contributed by atoms with E-state index >= 15 is 0 Å². The van der Waals surface area contributed by atoms with E-state index in [4.69, 9.17) is 9.47 Å². The van der Waals surface area contributed by atoms with Crippen LogP contribution in [0.25, 0.3) is 0 Å². The quantitative estimate of drug-likeness (QED) is 0.761. The molecule has 0 bridgehead atoms. The molecule has 2 aromatic rings. The van der Waals surface area contributed by atoms with Crippen molar-refractivity contribution >= 4 is 17.8 Å². The van der Waals surface area contributed by atoms with Crippen LogP contribution in [0.2, 0.25) is 0 Å². The maximum Gasteiger partial charge on any atom is 0.324 e. The summed E-state index contributed by atoms with van der Waals surface area (Å²) in [7, 11) is 0. The topological polar surface area (TPSA) is 97.0 Å². The van der Waals surface area contributed by atoms with Gasteiger partial charge >= 0.3 is 6.03 Å². The van der Waals surface area contributed by atoms with E-state index in [0.29, 0.717) is 29.2 Å². The lowest BCUT2D eigenvalue weighted by molar-refractivity contribution is -0.125. The van der Waals surface area contributed by atoms with Crippen LogP contribution in [0.3, 0.4) is 0 Å². The summed E-state index contributed by atoms with van der Waals surface area (Å²) in [4.78, 5) is 37.4. The molecule has 0 aromatic heterocycles. The molecular formula is C20H19N3O5. The van der Waals surface area contributed by atoms with Crippen molar-refractivity contribution in [2.24, 2.45) is 0 Å². The summed E-state index contributed by atoms with van der Waals surface area (Å²) in [5, 5.41) is 5.31. The number of rotatable bonds is 5. The van der Waals surface area contributed by atoms with E-state index in [0.717, 1.165) is 4.90 Å². The number of hydrogen-bond donors (Lipinski definition) is 2. The number of urea groups is 1. The molecule has 28 heavy (non-hydrogen) atoms. The second kappa shape index (κ2) is 7.59. The Balaban J connectivity index is 1.40. The van der Waals surface area contributed by atoms with E-state index in [-0.39, 0.29) is 37.6 Å². The molecule has 1 saturated heterocycles. The Kier molecular flexibility index (Phi) is 4.84. The smallest absolute Gasteiger partial charge is 0.324 e. The van der Waals surface area contributed by atoms with Crippen molar-refractivity contribution in [1.29, 1.82) is 0 Å². The van der Waals surface area contributed by atoms with Crippen molar-refractivity contribution in [3.05, 3.63) is 59.7 Å². The highest BCUT2D eigenvalue weighted by atomic mass is 16.6. The lowest BCUT2D eigenvalue weighted by atomic mass is 10.1. The highest BCUT2D eigenvalue weighted by Crippen LogP contribution is 2.30. The van der Waals surface area contributed by atoms with Gasteiger partial charge in [-0.15, -0.1) is 0 Å². The van der Waals surface area contributed by atoms with Crippen LogP contribution in [0.1, 0.15) is 15.9 Å². The summed E-state index contributed by atoms with van der Waals surface area (Å²) in [5.74, 6) is 0.715. The van der Waals surface area contributed by atoms with Crippen molar-refractivity contribution < 1.29 is 23.9 Å². The van der Waals surface area contributed by atoms with E-state index in [9.17, 15) is 14.4 Å². The summed E-state index contributed by atoms with van der Waals surface area (Å²) in [6.07, 6.45) is -0.308. The monoisotopic (exact) mass is 381 g/mol. The lowest BCUT2D eigenvalue weighted by Gasteiger charge is -2.26. The lowest BCUT2D eigenvalue weighted by Crippen LogP contribution is -2.41. The number of hydrogen-bond acceptors (Lipinski definition) is 5. The molecule has 2 aliphatic rings. The van der Waals surface area contributed by atoms with Crippen LogP contribution < -0.4 is 20.1 Å². The summed E-state index contributed by atoms with van der Waals surface area (Å²) in [5.41, 5.74) is 1.00. The zero-order chi connectivity index (χ0) is 19.5. The molecule has 0 radical (unpaired) electrons. The third-order valence-electron chi connectivity index (χ3n) is 4.59. The Morgan fingerprint density at radius 1 is 1.11 bits per heavy atom. The second-order valence-electron chi connectivity index (χ2n) is 6.50. The van der Waals surface area contributed by atoms with E-state index in [1.54, 1.807) is 24.3 Å². The summed E-state index contributed by atoms with van der Waals surface area (Å²) < 4.78 is 11.5. The van der Waals surface area contributed by atoms with Crippen molar-refractivity contribution in [1.82, 2.24) is 15.5 Å². The van der Waals surface area contributed by atoms with Gasteiger partial charge < -0.3 is 20.1 Å². The van der Waals surface area contributed by atoms with E-state index in [1.165, 1.54) is 0 Å². The molecule has 2 aliphatic heterocycles. The predicted octanol–water partition coefficient (Wildman–Crippen LogP) is 1.31. The molecule has 2 aromatic carbocycles. The minimum Gasteiger partial charge on any atom is -0.486 e. The maximum absolute atomic E-state index is 12.7. The van der Waals surface area contributed by atoms with Gasteiger partial charge in [-0.2, -0.15) is 0 Å². The van der Waals surface area contributed by atoms with Crippen LogP contribution in [0.4, 0.5) is 4.79 Å². The van der Waals surface area contributed by atoms with Gasteiger partial charge in [0.1, 0.15) is 12.7 Å². The van der Waals surface area contributed by atoms with Gasteiger partial charge in [0.25, 0.3) is 5.91 Å². The number of benzene rings is 2. The number of imide groups is 1. The third kappa shape index (κ3) is 3.62. The SMILES string of the molecule is O=C(NC[C@H]1COc2ccccc2O1)c1ccccc1CN1C(=O)CNC1=O. The fourth-order valence-corrected chi connectivity index (χ4v) is 3.13. The number of fused-ring (bicyclic) bond motifs is 1. The van der Waals surface area contributed by atoms with Crippen molar-refractivity contribution in [3.63, 3.8) is 0 Å². The normalized spacial score (nSPS) is 18.0. The molecular weight excluding hydrogens is 362 g/mol. The van der Waals surface area contributed by atoms with Gasteiger partial charge in [0, 0.05) is 5.56 Å². The third-order valence-corrected chi connectivity index (χ3v) is 4.59. The molecule has 144 valence electrons. The number of amides is 4. The van der Waals surface area contributed by atoms with Crippen LogP contribution in [-0.4, -0.2) is 48.5 Å². The van der Waals surface area contributed by atoms with Crippen molar-refractivity contribution in [3.8, 4) is 11.5 Å². The molecule has 8 nitrogen and oxygen atoms in total. The first-order chi connectivity index (χ1) is 13.6. The molecule has 0 spiro atoms. The molecule has 0 unspecified atom stereocenters. The second-order valence-corrected chi connectivity index (χ2v) is 6.50. The van der Waals surface area contributed by atoms with Crippen molar-refractivity contribution in [2.45, 2.75) is 12.6 Å². The average molecular weight is 381 g/mol. The molecule has 4 rings (SSSR count). The number of carbonyl (C=O) groups is 3. The number of para-hydroxylation sites is 2. The van der Waals surface area contributed by atoms with E-state index < -0.39 is 6.03 Å². The molecule has 0 aliphatic carbocycles. The van der Waals surface area contributed by atoms with Gasteiger partial charge in [0.15, 0.2) is 11.5 Å². The first-order valence-corrected chi connectivity index (χ1v) is 8.94. The highest BCUT2D eigenvalue weighted by molar-refractivity contribution is 6.02. The number of ether oxygens (including phenoxy) is 2. The minimum absolute atomic E-state index is 0.0201. The van der Waals surface area contributed by atoms with Gasteiger partial charge in [-0.1, -0.05) is 30.3 Å². The molecule has 1 fully saturated rings. The molecule has 4 amide bonds. The van der Waals surface area contributed by atoms with Crippen LogP contribution in [0, 0.1) is 0 Å². The van der Waals surface area contributed by atoms with Crippen LogP contribution >= 0.6 is 0 Å². The summed E-state index contributed by atoms with van der Waals surface area (Å²) in [6, 6.07) is 13.8. The average Bonchev–Trinajstić information content (AvgIpc) is 3.04. The van der Waals surface area contributed by atoms with Crippen LogP contribution in [0.15, 0.2) is 48.5 Å². The van der Waals surface area contributed by atoms with Gasteiger partial charge in [-0.05, 0) is 23.8 Å². The first kappa shape index (κ1) is 17.8. The zero-order valence-electron chi connectivity index (χ0n) is 15.0. The molecule has 8 heteroatoms. The molecule has 2 heterocycles. The van der Waals surface area contributed by atoms with E-state index in [1.807, 2.05) is 24.3 Å². The Labute approximate surface area is 161 Å². The van der Waals surface area contributed by atoms with Gasteiger partial charge in [0.2, 0.25) is 5.91 Å². The number of carbonyl (C=O) groups excluding carboxylic acids is 3. The molecule has 1 atom stereocenters. The fourth-order valence-electron chi connectivity index (χ4n) is 3.13. The van der Waals surface area contributed by atoms with E-state index in [2.05, 4.69) is 10.6 Å². The van der Waals surface area contributed by atoms with Gasteiger partial charge in [-0.25, -0.2) is 4.79 Å². The molecule has 0 saturated carbocycles. The largest absolute Gasteiger partial charge is 0.486 e. The zero-order valence-corrected chi connectivity index (χ0v) is 15.0. The predicted molar refractivity (Wildman–Crippen MR) is 99.1 cm³/mol. The number of nitrogens with one attached hydrogen (secondary N) is 2. The molecule has 2 N–H and O–H groups in total. The summed E-state index contributed by atoms with van der Waals surface area (Å²) >= 11 is 0. The maximum atomic E-state index is 12.7. The van der Waals surface area contributed by atoms with Crippen molar-refractivity contribution in [2.75, 3.05) is 19.7 Å². The van der Waals surface area contributed by atoms with Gasteiger partial charge in [0.05, 0.1) is 19.6 Å².